The van der Waals surface area contributed by atoms with Gasteiger partial charge in [0, 0.05) is 0 Å². The molecule has 2 heteroatoms. The fourth-order valence-corrected chi connectivity index (χ4v) is 2.41. The number of rotatable bonds is 9. The third-order valence-electron chi connectivity index (χ3n) is 4.77. The van der Waals surface area contributed by atoms with E-state index in [1.807, 2.05) is 13.8 Å². The zero-order valence-corrected chi connectivity index (χ0v) is 15.9. The van der Waals surface area contributed by atoms with Crippen molar-refractivity contribution in [1.29, 1.82) is 0 Å². The molecule has 0 fully saturated rings. The monoisotopic (exact) mass is 302 g/mol. The highest BCUT2D eigenvalue weighted by Gasteiger charge is 2.32. The van der Waals surface area contributed by atoms with Gasteiger partial charge in [0.15, 0.2) is 0 Å². The van der Waals surface area contributed by atoms with Crippen LogP contribution in [0.5, 0.6) is 0 Å². The van der Waals surface area contributed by atoms with Gasteiger partial charge in [0.05, 0.1) is 12.2 Å². The molecule has 0 spiro atoms. The lowest BCUT2D eigenvalue weighted by Gasteiger charge is -2.36. The second-order valence-electron chi connectivity index (χ2n) is 7.42. The first kappa shape index (κ1) is 23.2. The van der Waals surface area contributed by atoms with Crippen LogP contribution in [-0.4, -0.2) is 22.4 Å². The van der Waals surface area contributed by atoms with Gasteiger partial charge in [0.1, 0.15) is 0 Å². The summed E-state index contributed by atoms with van der Waals surface area (Å²) >= 11 is 0. The smallest absolute Gasteiger partial charge is 0.0593 e. The SMILES string of the molecule is CCCC(C)C(C)(C)C(O)CCC.CCCC(O)C(C)C. The minimum Gasteiger partial charge on any atom is -0.393 e. The van der Waals surface area contributed by atoms with Gasteiger partial charge >= 0.3 is 0 Å². The van der Waals surface area contributed by atoms with Crippen LogP contribution in [0.3, 0.4) is 0 Å². The maximum atomic E-state index is 9.97. The quantitative estimate of drug-likeness (QED) is 0.597. The zero-order chi connectivity index (χ0) is 17.1. The Morgan fingerprint density at radius 3 is 1.48 bits per heavy atom. The van der Waals surface area contributed by atoms with Crippen molar-refractivity contribution in [3.05, 3.63) is 0 Å². The minimum absolute atomic E-state index is 0.0754. The van der Waals surface area contributed by atoms with E-state index in [0.717, 1.165) is 25.7 Å². The molecule has 0 amide bonds. The fourth-order valence-electron chi connectivity index (χ4n) is 2.41. The van der Waals surface area contributed by atoms with Gasteiger partial charge in [-0.05, 0) is 30.1 Å². The standard InChI is InChI=1S/C12H26O.C7H16O/c1-6-8-10(3)12(4,5)11(13)9-7-2;1-4-5-7(8)6(2)3/h10-11,13H,6-9H2,1-5H3;6-8H,4-5H2,1-3H3. The molecule has 0 aliphatic heterocycles. The van der Waals surface area contributed by atoms with E-state index in [1.165, 1.54) is 12.8 Å². The average Bonchev–Trinajstić information content (AvgIpc) is 2.40. The largest absolute Gasteiger partial charge is 0.393 e. The Hall–Kier alpha value is -0.0800. The van der Waals surface area contributed by atoms with E-state index in [-0.39, 0.29) is 17.6 Å². The Balaban J connectivity index is 0. The number of aliphatic hydroxyl groups is 2. The van der Waals surface area contributed by atoms with Crippen molar-refractivity contribution in [2.75, 3.05) is 0 Å². The van der Waals surface area contributed by atoms with Gasteiger partial charge in [-0.1, -0.05) is 81.1 Å². The molecule has 21 heavy (non-hydrogen) atoms. The molecular formula is C19H42O2. The molecule has 0 aromatic rings. The normalized spacial score (nSPS) is 16.1. The first-order valence-corrected chi connectivity index (χ1v) is 9.01. The maximum absolute atomic E-state index is 9.97. The van der Waals surface area contributed by atoms with E-state index < -0.39 is 0 Å². The second-order valence-corrected chi connectivity index (χ2v) is 7.42. The molecule has 0 aromatic heterocycles. The van der Waals surface area contributed by atoms with E-state index in [2.05, 4.69) is 41.5 Å². The third-order valence-corrected chi connectivity index (χ3v) is 4.77. The maximum Gasteiger partial charge on any atom is 0.0593 e. The Bertz CT molecular complexity index is 210. The van der Waals surface area contributed by atoms with Crippen molar-refractivity contribution in [3.63, 3.8) is 0 Å². The second kappa shape index (κ2) is 12.5. The molecule has 0 heterocycles. The number of hydrogen-bond donors (Lipinski definition) is 2. The lowest BCUT2D eigenvalue weighted by atomic mass is 9.72. The minimum atomic E-state index is -0.140. The van der Waals surface area contributed by atoms with Crippen molar-refractivity contribution >= 4 is 0 Å². The number of hydrogen-bond acceptors (Lipinski definition) is 2. The van der Waals surface area contributed by atoms with Crippen molar-refractivity contribution < 1.29 is 10.2 Å². The highest BCUT2D eigenvalue weighted by atomic mass is 16.3. The van der Waals surface area contributed by atoms with Gasteiger partial charge in [0.2, 0.25) is 0 Å². The van der Waals surface area contributed by atoms with Gasteiger partial charge in [-0.25, -0.2) is 0 Å². The van der Waals surface area contributed by atoms with Crippen LogP contribution in [0.4, 0.5) is 0 Å². The Morgan fingerprint density at radius 1 is 0.762 bits per heavy atom. The van der Waals surface area contributed by atoms with Crippen LogP contribution in [0.25, 0.3) is 0 Å². The van der Waals surface area contributed by atoms with Crippen LogP contribution < -0.4 is 0 Å². The molecule has 2 nitrogen and oxygen atoms in total. The highest BCUT2D eigenvalue weighted by Crippen LogP contribution is 2.35. The lowest BCUT2D eigenvalue weighted by molar-refractivity contribution is 0.00284. The van der Waals surface area contributed by atoms with E-state index in [0.29, 0.717) is 11.8 Å². The van der Waals surface area contributed by atoms with Crippen molar-refractivity contribution in [3.8, 4) is 0 Å². The predicted octanol–water partition coefficient (Wildman–Crippen LogP) is 5.41. The van der Waals surface area contributed by atoms with Crippen LogP contribution in [0.1, 0.15) is 93.9 Å². The topological polar surface area (TPSA) is 40.5 Å². The van der Waals surface area contributed by atoms with Crippen LogP contribution in [0.2, 0.25) is 0 Å². The molecule has 0 aliphatic carbocycles. The lowest BCUT2D eigenvalue weighted by Crippen LogP contribution is -2.35. The van der Waals surface area contributed by atoms with Crippen LogP contribution in [0.15, 0.2) is 0 Å². The molecule has 2 N–H and O–H groups in total. The molecule has 0 saturated carbocycles. The summed E-state index contributed by atoms with van der Waals surface area (Å²) < 4.78 is 0. The first-order valence-electron chi connectivity index (χ1n) is 9.01. The Labute approximate surface area is 134 Å². The summed E-state index contributed by atoms with van der Waals surface area (Å²) in [5.41, 5.74) is 0.0754. The summed E-state index contributed by atoms with van der Waals surface area (Å²) in [4.78, 5) is 0. The summed E-state index contributed by atoms with van der Waals surface area (Å²) in [5, 5.41) is 19.1. The summed E-state index contributed by atoms with van der Waals surface area (Å²) in [7, 11) is 0. The van der Waals surface area contributed by atoms with E-state index in [9.17, 15) is 5.11 Å². The average molecular weight is 303 g/mol. The van der Waals surface area contributed by atoms with Crippen LogP contribution >= 0.6 is 0 Å². The summed E-state index contributed by atoms with van der Waals surface area (Å²) in [5.74, 6) is 1.04. The third kappa shape index (κ3) is 10.3. The van der Waals surface area contributed by atoms with Crippen LogP contribution in [0, 0.1) is 17.3 Å². The molecule has 3 unspecified atom stereocenters. The van der Waals surface area contributed by atoms with Crippen molar-refractivity contribution in [2.45, 2.75) is 106 Å². The Kier molecular flexibility index (Phi) is 13.8. The molecule has 3 atom stereocenters. The molecule has 0 bridgehead atoms. The summed E-state index contributed by atoms with van der Waals surface area (Å²) in [6.07, 6.45) is 6.23. The zero-order valence-electron chi connectivity index (χ0n) is 15.9. The Morgan fingerprint density at radius 2 is 1.19 bits per heavy atom. The summed E-state index contributed by atoms with van der Waals surface area (Å²) in [6, 6.07) is 0. The summed E-state index contributed by atoms with van der Waals surface area (Å²) in [6.45, 7) is 17.1. The molecule has 0 aliphatic rings. The first-order chi connectivity index (χ1) is 9.64. The van der Waals surface area contributed by atoms with Gasteiger partial charge in [0.25, 0.3) is 0 Å². The molecule has 130 valence electrons. The number of aliphatic hydroxyl groups excluding tert-OH is 2. The molecule has 0 aromatic carbocycles. The van der Waals surface area contributed by atoms with Crippen molar-refractivity contribution in [1.82, 2.24) is 0 Å². The fraction of sp³-hybridized carbons (Fsp3) is 1.00. The van der Waals surface area contributed by atoms with E-state index in [1.54, 1.807) is 0 Å². The molecule has 0 radical (unpaired) electrons. The van der Waals surface area contributed by atoms with Crippen LogP contribution in [-0.2, 0) is 0 Å². The molecular weight excluding hydrogens is 260 g/mol. The molecule has 0 saturated heterocycles. The van der Waals surface area contributed by atoms with Crippen molar-refractivity contribution in [2.24, 2.45) is 17.3 Å². The highest BCUT2D eigenvalue weighted by molar-refractivity contribution is 4.82. The predicted molar refractivity (Wildman–Crippen MR) is 94.5 cm³/mol. The van der Waals surface area contributed by atoms with Gasteiger partial charge in [-0.15, -0.1) is 0 Å². The van der Waals surface area contributed by atoms with Gasteiger partial charge in [-0.3, -0.25) is 0 Å². The van der Waals surface area contributed by atoms with E-state index >= 15 is 0 Å². The van der Waals surface area contributed by atoms with Gasteiger partial charge in [-0.2, -0.15) is 0 Å². The molecule has 0 rings (SSSR count). The van der Waals surface area contributed by atoms with E-state index in [4.69, 9.17) is 5.11 Å². The van der Waals surface area contributed by atoms with Gasteiger partial charge < -0.3 is 10.2 Å².